The first-order valence-corrected chi connectivity index (χ1v) is 11.4. The van der Waals surface area contributed by atoms with Gasteiger partial charge in [0, 0.05) is 32.3 Å². The van der Waals surface area contributed by atoms with Gasteiger partial charge in [-0.05, 0) is 38.5 Å². The molecule has 1 rings (SSSR count). The Labute approximate surface area is 187 Å². The van der Waals surface area contributed by atoms with Gasteiger partial charge in [-0.2, -0.15) is 0 Å². The van der Waals surface area contributed by atoms with Crippen LogP contribution in [0.3, 0.4) is 0 Å². The Kier molecular flexibility index (Phi) is 11.3. The van der Waals surface area contributed by atoms with Crippen LogP contribution in [-0.4, -0.2) is 84.1 Å². The van der Waals surface area contributed by atoms with E-state index in [0.29, 0.717) is 38.0 Å². The minimum atomic E-state index is -0.414. The fraction of sp³-hybridized carbons (Fsp3) is 0.739. The lowest BCUT2D eigenvalue weighted by Crippen LogP contribution is -2.48. The zero-order chi connectivity index (χ0) is 23.6. The second-order valence-corrected chi connectivity index (χ2v) is 8.57. The maximum atomic E-state index is 13.2. The maximum absolute atomic E-state index is 13.2. The Balaban J connectivity index is 3.01. The van der Waals surface area contributed by atoms with Crippen LogP contribution in [0.1, 0.15) is 60.3 Å². The first-order chi connectivity index (χ1) is 14.7. The van der Waals surface area contributed by atoms with Crippen molar-refractivity contribution >= 4 is 24.1 Å². The Morgan fingerprint density at radius 3 is 2.29 bits per heavy atom. The third-order valence-electron chi connectivity index (χ3n) is 5.72. The van der Waals surface area contributed by atoms with Gasteiger partial charge >= 0.3 is 0 Å². The topological polar surface area (TPSA) is 90.0 Å². The van der Waals surface area contributed by atoms with Crippen molar-refractivity contribution in [2.75, 3.05) is 33.2 Å². The van der Waals surface area contributed by atoms with Crippen LogP contribution in [0.2, 0.25) is 0 Å². The van der Waals surface area contributed by atoms with Gasteiger partial charge in [-0.1, -0.05) is 33.8 Å². The molecule has 1 saturated heterocycles. The largest absolute Gasteiger partial charge is 0.350 e. The summed E-state index contributed by atoms with van der Waals surface area (Å²) in [6, 6.07) is -0.707. The van der Waals surface area contributed by atoms with E-state index in [-0.39, 0.29) is 36.2 Å². The summed E-state index contributed by atoms with van der Waals surface area (Å²) in [5, 5.41) is 2.38. The Morgan fingerprint density at radius 2 is 1.77 bits per heavy atom. The third kappa shape index (κ3) is 7.36. The molecule has 31 heavy (non-hydrogen) atoms. The number of likely N-dealkylation sites (tertiary alicyclic amines) is 1. The smallest absolute Gasteiger partial charge is 0.249 e. The molecule has 4 amide bonds. The van der Waals surface area contributed by atoms with Crippen LogP contribution in [0.15, 0.2) is 11.6 Å². The van der Waals surface area contributed by atoms with Crippen molar-refractivity contribution in [3.8, 4) is 0 Å². The maximum Gasteiger partial charge on any atom is 0.249 e. The van der Waals surface area contributed by atoms with Crippen molar-refractivity contribution in [2.45, 2.75) is 72.4 Å². The van der Waals surface area contributed by atoms with Gasteiger partial charge in [-0.3, -0.25) is 19.2 Å². The lowest BCUT2D eigenvalue weighted by molar-refractivity contribution is -0.142. The van der Waals surface area contributed by atoms with E-state index in [9.17, 15) is 19.2 Å². The van der Waals surface area contributed by atoms with Crippen LogP contribution in [0.25, 0.3) is 0 Å². The average molecular weight is 437 g/mol. The quantitative estimate of drug-likeness (QED) is 0.373. The molecule has 0 bridgehead atoms. The summed E-state index contributed by atoms with van der Waals surface area (Å²) in [6.07, 6.45) is 5.57. The van der Waals surface area contributed by atoms with Gasteiger partial charge in [0.1, 0.15) is 6.04 Å². The molecule has 8 nitrogen and oxygen atoms in total. The van der Waals surface area contributed by atoms with Gasteiger partial charge in [0.15, 0.2) is 0 Å². The van der Waals surface area contributed by atoms with E-state index in [2.05, 4.69) is 19.2 Å². The summed E-state index contributed by atoms with van der Waals surface area (Å²) in [7, 11) is 1.67. The zero-order valence-corrected chi connectivity index (χ0v) is 20.0. The summed E-state index contributed by atoms with van der Waals surface area (Å²) < 4.78 is 0. The molecule has 1 N–H and O–H groups in total. The fourth-order valence-corrected chi connectivity index (χ4v) is 4.07. The average Bonchev–Trinajstić information content (AvgIpc) is 3.23. The number of nitrogens with one attached hydrogen (secondary N) is 1. The summed E-state index contributed by atoms with van der Waals surface area (Å²) in [5.74, 6) is -0.267. The molecule has 1 unspecified atom stereocenters. The highest BCUT2D eigenvalue weighted by atomic mass is 16.2. The van der Waals surface area contributed by atoms with Gasteiger partial charge in [0.05, 0.1) is 12.6 Å². The van der Waals surface area contributed by atoms with Crippen LogP contribution in [0, 0.1) is 5.92 Å². The first kappa shape index (κ1) is 26.7. The second-order valence-electron chi connectivity index (χ2n) is 8.57. The number of likely N-dealkylation sites (N-methyl/N-ethyl adjacent to an activating group) is 1. The lowest BCUT2D eigenvalue weighted by Gasteiger charge is -2.32. The van der Waals surface area contributed by atoms with Crippen LogP contribution >= 0.6 is 0 Å². The number of carbonyl (C=O) groups excluding carboxylic acids is 4. The second kappa shape index (κ2) is 13.1. The third-order valence-corrected chi connectivity index (χ3v) is 5.72. The predicted octanol–water partition coefficient (Wildman–Crippen LogP) is 1.80. The highest BCUT2D eigenvalue weighted by Gasteiger charge is 2.37. The molecule has 0 aromatic heterocycles. The number of hydrogen-bond donors (Lipinski definition) is 1. The van der Waals surface area contributed by atoms with E-state index in [4.69, 9.17) is 0 Å². The van der Waals surface area contributed by atoms with Crippen LogP contribution in [0.4, 0.5) is 0 Å². The van der Waals surface area contributed by atoms with Crippen molar-refractivity contribution in [3.63, 3.8) is 0 Å². The molecule has 176 valence electrons. The first-order valence-electron chi connectivity index (χ1n) is 11.4. The van der Waals surface area contributed by atoms with Crippen molar-refractivity contribution in [3.05, 3.63) is 11.6 Å². The zero-order valence-electron chi connectivity index (χ0n) is 20.0. The molecule has 1 aliphatic rings. The van der Waals surface area contributed by atoms with E-state index in [1.807, 2.05) is 24.8 Å². The van der Waals surface area contributed by atoms with E-state index in [1.165, 1.54) is 0 Å². The van der Waals surface area contributed by atoms with E-state index in [1.54, 1.807) is 23.8 Å². The molecule has 0 aromatic carbocycles. The van der Waals surface area contributed by atoms with Gasteiger partial charge < -0.3 is 20.0 Å². The van der Waals surface area contributed by atoms with E-state index >= 15 is 0 Å². The summed E-state index contributed by atoms with van der Waals surface area (Å²) in [5.41, 5.74) is 0.527. The molecule has 0 aliphatic carbocycles. The van der Waals surface area contributed by atoms with E-state index < -0.39 is 6.04 Å². The summed E-state index contributed by atoms with van der Waals surface area (Å²) in [4.78, 5) is 54.3. The van der Waals surface area contributed by atoms with Crippen molar-refractivity contribution in [1.82, 2.24) is 20.0 Å². The molecule has 0 spiro atoms. The van der Waals surface area contributed by atoms with Gasteiger partial charge in [-0.25, -0.2) is 0 Å². The summed E-state index contributed by atoms with van der Waals surface area (Å²) >= 11 is 0. The summed E-state index contributed by atoms with van der Waals surface area (Å²) in [6.45, 7) is 11.7. The fourth-order valence-electron chi connectivity index (χ4n) is 4.07. The Bertz CT molecular complexity index is 656. The number of nitrogens with zero attached hydrogens (tertiary/aromatic N) is 3. The van der Waals surface area contributed by atoms with Crippen molar-refractivity contribution in [1.29, 1.82) is 0 Å². The molecule has 1 fully saturated rings. The number of hydrogen-bond acceptors (Lipinski definition) is 4. The lowest BCUT2D eigenvalue weighted by atomic mass is 9.99. The van der Waals surface area contributed by atoms with Crippen LogP contribution < -0.4 is 5.32 Å². The minimum absolute atomic E-state index is 0.0370. The molecule has 8 heteroatoms. The predicted molar refractivity (Wildman–Crippen MR) is 121 cm³/mol. The molecule has 2 atom stereocenters. The van der Waals surface area contributed by atoms with Crippen LogP contribution in [0.5, 0.6) is 0 Å². The monoisotopic (exact) mass is 436 g/mol. The SMILES string of the molecule is CCCN(CCC)C(=O)[C@@H]1CCCN1C(=O)C(C)=CC(C(C)C)N(C)C(=O)CNC=O. The number of carbonyl (C=O) groups is 4. The van der Waals surface area contributed by atoms with Crippen molar-refractivity contribution in [2.24, 2.45) is 5.92 Å². The molecular weight excluding hydrogens is 396 g/mol. The Hall–Kier alpha value is -2.38. The molecule has 0 saturated carbocycles. The van der Waals surface area contributed by atoms with Gasteiger partial charge in [0.25, 0.3) is 0 Å². The van der Waals surface area contributed by atoms with Gasteiger partial charge in [-0.15, -0.1) is 0 Å². The number of amides is 4. The Morgan fingerprint density at radius 1 is 1.16 bits per heavy atom. The van der Waals surface area contributed by atoms with Gasteiger partial charge in [0.2, 0.25) is 24.1 Å². The molecule has 1 aliphatic heterocycles. The highest BCUT2D eigenvalue weighted by Crippen LogP contribution is 2.23. The molecule has 0 radical (unpaired) electrons. The van der Waals surface area contributed by atoms with E-state index in [0.717, 1.165) is 19.3 Å². The molecular formula is C23H40N4O4. The van der Waals surface area contributed by atoms with Crippen LogP contribution in [-0.2, 0) is 19.2 Å². The van der Waals surface area contributed by atoms with Crippen molar-refractivity contribution < 1.29 is 19.2 Å². The normalized spacial score (nSPS) is 17.5. The standard InChI is InChI=1S/C23H40N4O4/c1-7-11-26(12-8-2)23(31)19-10-9-13-27(19)22(30)18(5)14-20(17(3)4)25(6)21(29)15-24-16-28/h14,16-17,19-20H,7-13,15H2,1-6H3,(H,24,28)/t19-,20?/m0/s1. The molecule has 1 heterocycles. The molecule has 0 aromatic rings. The number of rotatable bonds is 12. The highest BCUT2D eigenvalue weighted by molar-refractivity contribution is 5.97. The minimum Gasteiger partial charge on any atom is -0.350 e.